The predicted octanol–water partition coefficient (Wildman–Crippen LogP) is 2.88. The van der Waals surface area contributed by atoms with Gasteiger partial charge in [0, 0.05) is 37.0 Å². The number of methoxy groups -OCH3 is 1. The second-order valence-electron chi connectivity index (χ2n) is 7.70. The smallest absolute Gasteiger partial charge is 0.313 e. The van der Waals surface area contributed by atoms with E-state index in [-0.39, 0.29) is 18.0 Å². The van der Waals surface area contributed by atoms with Crippen molar-refractivity contribution in [3.05, 3.63) is 59.4 Å². The van der Waals surface area contributed by atoms with Gasteiger partial charge in [0.25, 0.3) is 0 Å². The van der Waals surface area contributed by atoms with Crippen LogP contribution in [0.25, 0.3) is 0 Å². The van der Waals surface area contributed by atoms with E-state index in [1.807, 2.05) is 6.92 Å². The number of amides is 3. The first-order valence-electron chi connectivity index (χ1n) is 10.1. The van der Waals surface area contributed by atoms with E-state index in [4.69, 9.17) is 4.74 Å². The van der Waals surface area contributed by atoms with Gasteiger partial charge in [-0.2, -0.15) is 0 Å². The van der Waals surface area contributed by atoms with Gasteiger partial charge in [-0.05, 0) is 44.0 Å². The Hall–Kier alpha value is -3.26. The lowest BCUT2D eigenvalue weighted by atomic mass is 9.95. The molecular weight excluding hydrogens is 401 g/mol. The summed E-state index contributed by atoms with van der Waals surface area (Å²) in [6, 6.07) is 11.2. The lowest BCUT2D eigenvalue weighted by Crippen LogP contribution is -2.44. The second-order valence-corrected chi connectivity index (χ2v) is 7.70. The van der Waals surface area contributed by atoms with Gasteiger partial charge in [0.15, 0.2) is 0 Å². The summed E-state index contributed by atoms with van der Waals surface area (Å²) in [7, 11) is 1.41. The lowest BCUT2D eigenvalue weighted by molar-refractivity contribution is -0.137. The molecule has 0 aliphatic carbocycles. The number of rotatable bonds is 6. The van der Waals surface area contributed by atoms with E-state index in [1.165, 1.54) is 13.2 Å². The zero-order valence-corrected chi connectivity index (χ0v) is 17.8. The van der Waals surface area contributed by atoms with Crippen LogP contribution in [0, 0.1) is 12.7 Å². The van der Waals surface area contributed by atoms with E-state index < -0.39 is 23.2 Å². The van der Waals surface area contributed by atoms with E-state index in [2.05, 4.69) is 10.6 Å². The third kappa shape index (κ3) is 4.91. The maximum atomic E-state index is 14.2. The van der Waals surface area contributed by atoms with Gasteiger partial charge in [-0.1, -0.05) is 24.3 Å². The number of halogens is 1. The topological polar surface area (TPSA) is 87.7 Å². The minimum atomic E-state index is -1.14. The Morgan fingerprint density at radius 2 is 1.94 bits per heavy atom. The summed E-state index contributed by atoms with van der Waals surface area (Å²) >= 11 is 0. The molecule has 2 aromatic rings. The van der Waals surface area contributed by atoms with Crippen molar-refractivity contribution in [3.63, 3.8) is 0 Å². The first kappa shape index (κ1) is 22.4. The Kier molecular flexibility index (Phi) is 6.70. The fraction of sp³-hybridized carbons (Fsp3) is 0.348. The largest absolute Gasteiger partial charge is 0.372 e. The molecule has 31 heavy (non-hydrogen) atoms. The van der Waals surface area contributed by atoms with Crippen molar-refractivity contribution in [1.82, 2.24) is 5.32 Å². The number of nitrogens with zero attached hydrogens (tertiary/aromatic N) is 1. The monoisotopic (exact) mass is 427 g/mol. The molecule has 1 saturated heterocycles. The second kappa shape index (κ2) is 9.26. The van der Waals surface area contributed by atoms with Crippen molar-refractivity contribution < 1.29 is 23.5 Å². The van der Waals surface area contributed by atoms with Gasteiger partial charge in [-0.3, -0.25) is 14.4 Å². The highest BCUT2D eigenvalue weighted by atomic mass is 19.1. The Labute approximate surface area is 180 Å². The summed E-state index contributed by atoms with van der Waals surface area (Å²) in [6.45, 7) is 4.04. The fourth-order valence-electron chi connectivity index (χ4n) is 3.57. The maximum Gasteiger partial charge on any atom is 0.313 e. The molecule has 0 aromatic heterocycles. The SMILES string of the molecule is COC(C)(CNC(=O)C(=O)Nc1ccc(C)c(N2CCCC2=O)c1)c1ccccc1F. The van der Waals surface area contributed by atoms with Gasteiger partial charge >= 0.3 is 11.8 Å². The summed E-state index contributed by atoms with van der Waals surface area (Å²) in [6.07, 6.45) is 1.29. The average Bonchev–Trinajstić information content (AvgIpc) is 3.19. The summed E-state index contributed by atoms with van der Waals surface area (Å²) in [5.74, 6) is -2.17. The van der Waals surface area contributed by atoms with Crippen molar-refractivity contribution in [2.75, 3.05) is 30.4 Å². The van der Waals surface area contributed by atoms with Gasteiger partial charge in [-0.25, -0.2) is 4.39 Å². The van der Waals surface area contributed by atoms with Gasteiger partial charge in [0.1, 0.15) is 11.4 Å². The maximum absolute atomic E-state index is 14.2. The van der Waals surface area contributed by atoms with Gasteiger partial charge in [-0.15, -0.1) is 0 Å². The number of benzene rings is 2. The van der Waals surface area contributed by atoms with Crippen LogP contribution in [-0.4, -0.2) is 37.9 Å². The number of aryl methyl sites for hydroxylation is 1. The van der Waals surface area contributed by atoms with Crippen LogP contribution in [0.15, 0.2) is 42.5 Å². The van der Waals surface area contributed by atoms with Crippen LogP contribution in [0.4, 0.5) is 15.8 Å². The molecule has 2 aromatic carbocycles. The number of carbonyl (C=O) groups excluding carboxylic acids is 3. The van der Waals surface area contributed by atoms with Crippen molar-refractivity contribution in [1.29, 1.82) is 0 Å². The zero-order chi connectivity index (χ0) is 22.6. The Morgan fingerprint density at radius 1 is 1.19 bits per heavy atom. The highest BCUT2D eigenvalue weighted by molar-refractivity contribution is 6.39. The highest BCUT2D eigenvalue weighted by Gasteiger charge is 2.31. The molecule has 0 radical (unpaired) electrons. The third-order valence-electron chi connectivity index (χ3n) is 5.52. The number of ether oxygens (including phenoxy) is 1. The molecule has 0 spiro atoms. The minimum Gasteiger partial charge on any atom is -0.372 e. The normalized spacial score (nSPS) is 15.5. The number of hydrogen-bond donors (Lipinski definition) is 2. The number of carbonyl (C=O) groups is 3. The summed E-state index contributed by atoms with van der Waals surface area (Å²) in [4.78, 5) is 38.5. The molecule has 3 rings (SSSR count). The van der Waals surface area contributed by atoms with Crippen LogP contribution >= 0.6 is 0 Å². The van der Waals surface area contributed by atoms with Crippen molar-refractivity contribution in [3.8, 4) is 0 Å². The molecule has 8 heteroatoms. The predicted molar refractivity (Wildman–Crippen MR) is 115 cm³/mol. The molecule has 7 nitrogen and oxygen atoms in total. The van der Waals surface area contributed by atoms with Gasteiger partial charge in [0.2, 0.25) is 5.91 Å². The standard InChI is InChI=1S/C23H26FN3O4/c1-15-10-11-16(13-19(15)27-12-6-9-20(27)28)26-22(30)21(29)25-14-23(2,31-3)17-7-4-5-8-18(17)24/h4-5,7-8,10-11,13H,6,9,12,14H2,1-3H3,(H,25,29)(H,26,30). The van der Waals surface area contributed by atoms with Crippen molar-refractivity contribution in [2.24, 2.45) is 0 Å². The Morgan fingerprint density at radius 3 is 2.58 bits per heavy atom. The van der Waals surface area contributed by atoms with E-state index in [0.29, 0.717) is 24.3 Å². The third-order valence-corrected chi connectivity index (χ3v) is 5.52. The molecule has 1 aliphatic rings. The molecule has 164 valence electrons. The van der Waals surface area contributed by atoms with Crippen molar-refractivity contribution >= 4 is 29.1 Å². The quantitative estimate of drug-likeness (QED) is 0.694. The molecule has 0 saturated carbocycles. The summed E-state index contributed by atoms with van der Waals surface area (Å²) in [5, 5.41) is 5.05. The first-order chi connectivity index (χ1) is 14.7. The Balaban J connectivity index is 1.66. The molecule has 0 bridgehead atoms. The molecule has 3 amide bonds. The van der Waals surface area contributed by atoms with E-state index >= 15 is 0 Å². The molecule has 1 fully saturated rings. The van der Waals surface area contributed by atoms with Crippen LogP contribution < -0.4 is 15.5 Å². The number of nitrogens with one attached hydrogen (secondary N) is 2. The fourth-order valence-corrected chi connectivity index (χ4v) is 3.57. The summed E-state index contributed by atoms with van der Waals surface area (Å²) < 4.78 is 19.6. The van der Waals surface area contributed by atoms with E-state index in [1.54, 1.807) is 48.2 Å². The van der Waals surface area contributed by atoms with Gasteiger partial charge in [0.05, 0.1) is 6.54 Å². The molecule has 2 N–H and O–H groups in total. The molecule has 1 unspecified atom stereocenters. The van der Waals surface area contributed by atoms with E-state index in [0.717, 1.165) is 12.0 Å². The zero-order valence-electron chi connectivity index (χ0n) is 17.8. The van der Waals surface area contributed by atoms with Crippen molar-refractivity contribution in [2.45, 2.75) is 32.3 Å². The average molecular weight is 427 g/mol. The molecule has 1 heterocycles. The van der Waals surface area contributed by atoms with Crippen LogP contribution in [-0.2, 0) is 24.7 Å². The highest BCUT2D eigenvalue weighted by Crippen LogP contribution is 2.28. The Bertz CT molecular complexity index is 1010. The number of anilines is 2. The minimum absolute atomic E-state index is 0.0383. The van der Waals surface area contributed by atoms with Crippen LogP contribution in [0.3, 0.4) is 0 Å². The molecule has 1 aliphatic heterocycles. The van der Waals surface area contributed by atoms with Gasteiger partial charge < -0.3 is 20.3 Å². The first-order valence-corrected chi connectivity index (χ1v) is 10.1. The molecule has 1 atom stereocenters. The summed E-state index contributed by atoms with van der Waals surface area (Å²) in [5.41, 5.74) is 1.15. The molecular formula is C23H26FN3O4. The lowest BCUT2D eigenvalue weighted by Gasteiger charge is -2.29. The number of hydrogen-bond acceptors (Lipinski definition) is 4. The van der Waals surface area contributed by atoms with Crippen LogP contribution in [0.5, 0.6) is 0 Å². The van der Waals surface area contributed by atoms with E-state index in [9.17, 15) is 18.8 Å². The van der Waals surface area contributed by atoms with Crippen LogP contribution in [0.2, 0.25) is 0 Å². The van der Waals surface area contributed by atoms with Crippen LogP contribution in [0.1, 0.15) is 30.9 Å².